The second-order valence-corrected chi connectivity index (χ2v) is 6.98. The second-order valence-electron chi connectivity index (χ2n) is 5.80. The SMILES string of the molecule is C#CN1CCC[C@H]1C(=O)N(C)c1nc(-c2cccc(C#N)n2)c(C)s1. The predicted molar refractivity (Wildman–Crippen MR) is 96.8 cm³/mol. The van der Waals surface area contributed by atoms with Gasteiger partial charge < -0.3 is 4.90 Å². The zero-order valence-electron chi connectivity index (χ0n) is 14.1. The van der Waals surface area contributed by atoms with Crippen molar-refractivity contribution in [2.24, 2.45) is 0 Å². The minimum Gasteiger partial charge on any atom is -0.320 e. The number of pyridine rings is 1. The lowest BCUT2D eigenvalue weighted by Gasteiger charge is -2.23. The molecule has 2 aromatic heterocycles. The van der Waals surface area contributed by atoms with Crippen molar-refractivity contribution in [3.8, 4) is 29.9 Å². The van der Waals surface area contributed by atoms with Crippen molar-refractivity contribution >= 4 is 22.4 Å². The molecule has 1 aliphatic rings. The number of nitrogens with zero attached hydrogens (tertiary/aromatic N) is 5. The number of aryl methyl sites for hydroxylation is 1. The van der Waals surface area contributed by atoms with E-state index in [1.54, 1.807) is 29.0 Å². The standard InChI is InChI=1S/C18H17N5OS/c1-4-23-10-6-9-15(23)17(24)22(3)18-21-16(12(2)25-18)14-8-5-7-13(11-19)20-14/h1,5,7-8,15H,6,9-10H2,2-3H3/t15-/m0/s1. The number of terminal acetylenes is 1. The Morgan fingerprint density at radius 3 is 3.00 bits per heavy atom. The summed E-state index contributed by atoms with van der Waals surface area (Å²) in [5.41, 5.74) is 1.66. The first-order valence-electron chi connectivity index (χ1n) is 7.90. The summed E-state index contributed by atoms with van der Waals surface area (Å²) in [7, 11) is 1.72. The fraction of sp³-hybridized carbons (Fsp3) is 0.333. The van der Waals surface area contributed by atoms with Crippen molar-refractivity contribution in [1.82, 2.24) is 14.9 Å². The molecule has 1 saturated heterocycles. The van der Waals surface area contributed by atoms with Crippen molar-refractivity contribution in [3.05, 3.63) is 28.8 Å². The average Bonchev–Trinajstić information content (AvgIpc) is 3.26. The molecule has 0 bridgehead atoms. The molecule has 0 unspecified atom stereocenters. The fourth-order valence-electron chi connectivity index (χ4n) is 2.89. The zero-order valence-corrected chi connectivity index (χ0v) is 14.9. The van der Waals surface area contributed by atoms with Gasteiger partial charge in [-0.2, -0.15) is 5.26 Å². The van der Waals surface area contributed by atoms with Crippen LogP contribution in [-0.4, -0.2) is 40.4 Å². The van der Waals surface area contributed by atoms with Crippen molar-refractivity contribution in [2.45, 2.75) is 25.8 Å². The van der Waals surface area contributed by atoms with E-state index in [9.17, 15) is 4.79 Å². The monoisotopic (exact) mass is 351 g/mol. The number of likely N-dealkylation sites (tertiary alicyclic amines) is 1. The second kappa shape index (κ2) is 6.92. The van der Waals surface area contributed by atoms with Crippen LogP contribution < -0.4 is 4.90 Å². The lowest BCUT2D eigenvalue weighted by Crippen LogP contribution is -2.42. The Hall–Kier alpha value is -2.90. The van der Waals surface area contributed by atoms with Gasteiger partial charge in [0.25, 0.3) is 5.91 Å². The molecule has 1 amide bonds. The maximum absolute atomic E-state index is 12.8. The average molecular weight is 351 g/mol. The molecule has 0 aromatic carbocycles. The third kappa shape index (κ3) is 3.19. The van der Waals surface area contributed by atoms with E-state index in [4.69, 9.17) is 11.7 Å². The number of carbonyl (C=O) groups excluding carboxylic acids is 1. The van der Waals surface area contributed by atoms with E-state index in [2.05, 4.69) is 16.0 Å². The van der Waals surface area contributed by atoms with E-state index < -0.39 is 0 Å². The summed E-state index contributed by atoms with van der Waals surface area (Å²) in [6.45, 7) is 2.67. The summed E-state index contributed by atoms with van der Waals surface area (Å²) < 4.78 is 0. The molecule has 0 aliphatic carbocycles. The first kappa shape index (κ1) is 16.9. The Bertz CT molecular complexity index is 892. The minimum absolute atomic E-state index is 0.0468. The number of rotatable bonds is 3. The minimum atomic E-state index is -0.289. The maximum Gasteiger partial charge on any atom is 0.251 e. The molecule has 6 nitrogen and oxygen atoms in total. The van der Waals surface area contributed by atoms with Crippen LogP contribution in [-0.2, 0) is 4.79 Å². The smallest absolute Gasteiger partial charge is 0.251 e. The zero-order chi connectivity index (χ0) is 18.0. The summed E-state index contributed by atoms with van der Waals surface area (Å²) in [6.07, 6.45) is 7.17. The molecule has 3 heterocycles. The number of anilines is 1. The van der Waals surface area contributed by atoms with Crippen molar-refractivity contribution in [3.63, 3.8) is 0 Å². The Morgan fingerprint density at radius 2 is 2.28 bits per heavy atom. The van der Waals surface area contributed by atoms with Gasteiger partial charge in [0, 0.05) is 24.5 Å². The van der Waals surface area contributed by atoms with E-state index in [-0.39, 0.29) is 11.9 Å². The Morgan fingerprint density at radius 1 is 1.48 bits per heavy atom. The summed E-state index contributed by atoms with van der Waals surface area (Å²) in [5, 5.41) is 9.61. The summed E-state index contributed by atoms with van der Waals surface area (Å²) in [5.74, 6) is -0.0468. The van der Waals surface area contributed by atoms with Gasteiger partial charge in [-0.15, -0.1) is 11.3 Å². The lowest BCUT2D eigenvalue weighted by molar-refractivity contribution is -0.121. The molecule has 2 aromatic rings. The summed E-state index contributed by atoms with van der Waals surface area (Å²) >= 11 is 1.43. The molecule has 1 fully saturated rings. The van der Waals surface area contributed by atoms with Crippen LogP contribution in [0.15, 0.2) is 18.2 Å². The van der Waals surface area contributed by atoms with Gasteiger partial charge in [-0.3, -0.25) is 9.69 Å². The van der Waals surface area contributed by atoms with Gasteiger partial charge >= 0.3 is 0 Å². The van der Waals surface area contributed by atoms with E-state index in [0.717, 1.165) is 24.3 Å². The lowest BCUT2D eigenvalue weighted by atomic mass is 10.2. The number of carbonyl (C=O) groups is 1. The van der Waals surface area contributed by atoms with Crippen LogP contribution in [0.25, 0.3) is 11.4 Å². The number of hydrogen-bond acceptors (Lipinski definition) is 6. The Balaban J connectivity index is 1.88. The van der Waals surface area contributed by atoms with Gasteiger partial charge in [-0.05, 0) is 31.9 Å². The number of hydrogen-bond donors (Lipinski definition) is 0. The summed E-state index contributed by atoms with van der Waals surface area (Å²) in [4.78, 5) is 25.9. The molecule has 0 radical (unpaired) electrons. The molecule has 0 saturated carbocycles. The largest absolute Gasteiger partial charge is 0.320 e. The number of aromatic nitrogens is 2. The Labute approximate surface area is 150 Å². The van der Waals surface area contributed by atoms with Gasteiger partial charge in [0.05, 0.1) is 5.69 Å². The van der Waals surface area contributed by atoms with Crippen LogP contribution in [0.4, 0.5) is 5.13 Å². The highest BCUT2D eigenvalue weighted by molar-refractivity contribution is 7.16. The third-order valence-corrected chi connectivity index (χ3v) is 5.26. The molecule has 1 atom stereocenters. The van der Waals surface area contributed by atoms with Gasteiger partial charge in [-0.1, -0.05) is 12.5 Å². The molecular weight excluding hydrogens is 334 g/mol. The Kier molecular flexibility index (Phi) is 4.69. The van der Waals surface area contributed by atoms with Gasteiger partial charge in [0.1, 0.15) is 23.5 Å². The van der Waals surface area contributed by atoms with Crippen LogP contribution in [0.3, 0.4) is 0 Å². The van der Waals surface area contributed by atoms with E-state index in [1.165, 1.54) is 11.3 Å². The normalized spacial score (nSPS) is 16.3. The highest BCUT2D eigenvalue weighted by atomic mass is 32.1. The topological polar surface area (TPSA) is 73.1 Å². The van der Waals surface area contributed by atoms with Crippen LogP contribution >= 0.6 is 11.3 Å². The van der Waals surface area contributed by atoms with Gasteiger partial charge in [0.15, 0.2) is 5.13 Å². The first-order valence-corrected chi connectivity index (χ1v) is 8.72. The molecule has 1 aliphatic heterocycles. The quantitative estimate of drug-likeness (QED) is 0.794. The third-order valence-electron chi connectivity index (χ3n) is 4.21. The highest BCUT2D eigenvalue weighted by Crippen LogP contribution is 2.32. The fourth-order valence-corrected chi connectivity index (χ4v) is 3.77. The van der Waals surface area contributed by atoms with Crippen molar-refractivity contribution < 1.29 is 4.79 Å². The first-order chi connectivity index (χ1) is 12.0. The van der Waals surface area contributed by atoms with Crippen molar-refractivity contribution in [2.75, 3.05) is 18.5 Å². The van der Waals surface area contributed by atoms with E-state index in [1.807, 2.05) is 19.1 Å². The number of likely N-dealkylation sites (N-methyl/N-ethyl adjacent to an activating group) is 1. The number of thiazole rings is 1. The predicted octanol–water partition coefficient (Wildman–Crippen LogP) is 2.40. The molecule has 0 N–H and O–H groups in total. The van der Waals surface area contributed by atoms with Crippen LogP contribution in [0.2, 0.25) is 0 Å². The van der Waals surface area contributed by atoms with Gasteiger partial charge in [-0.25, -0.2) is 9.97 Å². The summed E-state index contributed by atoms with van der Waals surface area (Å²) in [6, 6.07) is 9.56. The molecule has 126 valence electrons. The maximum atomic E-state index is 12.8. The number of nitriles is 1. The van der Waals surface area contributed by atoms with Crippen LogP contribution in [0.5, 0.6) is 0 Å². The molecule has 25 heavy (non-hydrogen) atoms. The molecule has 7 heteroatoms. The molecule has 0 spiro atoms. The van der Waals surface area contributed by atoms with E-state index in [0.29, 0.717) is 22.2 Å². The number of amides is 1. The van der Waals surface area contributed by atoms with E-state index >= 15 is 0 Å². The van der Waals surface area contributed by atoms with Crippen LogP contribution in [0.1, 0.15) is 23.4 Å². The van der Waals surface area contributed by atoms with Crippen molar-refractivity contribution in [1.29, 1.82) is 5.26 Å². The highest BCUT2D eigenvalue weighted by Gasteiger charge is 2.32. The molecular formula is C18H17N5OS. The van der Waals surface area contributed by atoms with Gasteiger partial charge in [0.2, 0.25) is 0 Å². The molecule has 3 rings (SSSR count). The van der Waals surface area contributed by atoms with Crippen LogP contribution in [0, 0.1) is 30.7 Å².